The van der Waals surface area contributed by atoms with E-state index in [0.717, 1.165) is 0 Å². The summed E-state index contributed by atoms with van der Waals surface area (Å²) in [7, 11) is 0. The summed E-state index contributed by atoms with van der Waals surface area (Å²) in [5, 5.41) is 24.3. The van der Waals surface area contributed by atoms with E-state index in [1.807, 2.05) is 5.32 Å². The summed E-state index contributed by atoms with van der Waals surface area (Å²) in [5.74, 6) is -8.15. The zero-order valence-electron chi connectivity index (χ0n) is 16.8. The lowest BCUT2D eigenvalue weighted by atomic mass is 10.1. The number of thiol groups is 1. The molecule has 0 bridgehead atoms. The normalized spacial score (nSPS) is 14.2. The van der Waals surface area contributed by atoms with E-state index in [9.17, 15) is 33.6 Å². The molecule has 0 aliphatic heterocycles. The molecule has 0 aliphatic rings. The summed E-state index contributed by atoms with van der Waals surface area (Å²) in [6.07, 6.45) is -2.18. The van der Waals surface area contributed by atoms with Crippen LogP contribution in [0.3, 0.4) is 0 Å². The van der Waals surface area contributed by atoms with Crippen LogP contribution in [0.4, 0.5) is 0 Å². The third kappa shape index (κ3) is 11.1. The number of carbonyl (C=O) groups excluding carboxylic acids is 5. The fourth-order valence-electron chi connectivity index (χ4n) is 2.26. The van der Waals surface area contributed by atoms with E-state index in [2.05, 4.69) is 23.3 Å². The molecule has 0 heterocycles. The lowest BCUT2D eigenvalue weighted by Gasteiger charge is -2.24. The van der Waals surface area contributed by atoms with E-state index < -0.39 is 78.5 Å². The highest BCUT2D eigenvalue weighted by molar-refractivity contribution is 7.80. The van der Waals surface area contributed by atoms with Gasteiger partial charge < -0.3 is 43.4 Å². The molecule has 0 aromatic heterocycles. The number of carbonyl (C=O) groups is 7. The number of nitrogens with two attached hydrogens (primary N) is 3. The second-order valence-corrected chi connectivity index (χ2v) is 6.95. The highest BCUT2D eigenvalue weighted by Crippen LogP contribution is 2.03. The number of hydrogen-bond acceptors (Lipinski definition) is 9. The molecular formula is C16H26N6O9S. The average molecular weight is 478 g/mol. The van der Waals surface area contributed by atoms with E-state index in [-0.39, 0.29) is 18.6 Å². The minimum atomic E-state index is -1.73. The van der Waals surface area contributed by atoms with Crippen molar-refractivity contribution in [3.8, 4) is 0 Å². The first-order valence-corrected chi connectivity index (χ1v) is 9.70. The van der Waals surface area contributed by atoms with Gasteiger partial charge >= 0.3 is 11.9 Å². The summed E-state index contributed by atoms with van der Waals surface area (Å²) >= 11 is 3.76. The van der Waals surface area contributed by atoms with Crippen LogP contribution in [0.2, 0.25) is 0 Å². The Balaban J connectivity index is 5.51. The Kier molecular flexibility index (Phi) is 12.3. The number of carboxylic acid groups (broad SMARTS) is 2. The smallest absolute Gasteiger partial charge is 0.327 e. The standard InChI is InChI=1S/C16H26N6O9S/c17-6(3-11(19)24)13(27)20-7(1-2-10(18)23)14(28)21-8(4-12(25)26)15(29)22-9(5-32)16(30)31/h6-9,32H,1-5,17H2,(H2,18,23)(H2,19,24)(H,20,27)(H,21,28)(H,22,29)(H,25,26)(H,30,31). The van der Waals surface area contributed by atoms with Crippen LogP contribution in [-0.2, 0) is 33.6 Å². The molecular weight excluding hydrogens is 452 g/mol. The summed E-state index contributed by atoms with van der Waals surface area (Å²) in [6.45, 7) is 0. The third-order valence-electron chi connectivity index (χ3n) is 3.88. The molecule has 0 spiro atoms. The molecule has 32 heavy (non-hydrogen) atoms. The Labute approximate surface area is 187 Å². The van der Waals surface area contributed by atoms with Gasteiger partial charge in [-0.2, -0.15) is 12.6 Å². The van der Waals surface area contributed by atoms with Crippen LogP contribution < -0.4 is 33.2 Å². The van der Waals surface area contributed by atoms with Crippen molar-refractivity contribution in [3.05, 3.63) is 0 Å². The van der Waals surface area contributed by atoms with Gasteiger partial charge in [0, 0.05) is 12.2 Å². The highest BCUT2D eigenvalue weighted by atomic mass is 32.1. The lowest BCUT2D eigenvalue weighted by Crippen LogP contribution is -2.58. The van der Waals surface area contributed by atoms with Crippen LogP contribution in [0.1, 0.15) is 25.7 Å². The van der Waals surface area contributed by atoms with Crippen molar-refractivity contribution in [2.75, 3.05) is 5.75 Å². The first-order valence-electron chi connectivity index (χ1n) is 9.07. The Morgan fingerprint density at radius 2 is 1.25 bits per heavy atom. The van der Waals surface area contributed by atoms with Crippen LogP contribution >= 0.6 is 12.6 Å². The summed E-state index contributed by atoms with van der Waals surface area (Å²) in [5.41, 5.74) is 15.5. The zero-order valence-corrected chi connectivity index (χ0v) is 17.7. The maximum absolute atomic E-state index is 12.6. The molecule has 0 saturated heterocycles. The van der Waals surface area contributed by atoms with Gasteiger partial charge in [0.25, 0.3) is 0 Å². The van der Waals surface area contributed by atoms with Crippen LogP contribution in [0.5, 0.6) is 0 Å². The molecule has 4 unspecified atom stereocenters. The molecule has 11 N–H and O–H groups in total. The fraction of sp³-hybridized carbons (Fsp3) is 0.562. The summed E-state index contributed by atoms with van der Waals surface area (Å²) in [6, 6.07) is -6.09. The average Bonchev–Trinajstić information content (AvgIpc) is 2.66. The largest absolute Gasteiger partial charge is 0.481 e. The topological polar surface area (TPSA) is 274 Å². The van der Waals surface area contributed by atoms with Crippen LogP contribution in [0.15, 0.2) is 0 Å². The molecule has 0 aromatic rings. The first kappa shape index (κ1) is 28.6. The third-order valence-corrected chi connectivity index (χ3v) is 4.24. The van der Waals surface area contributed by atoms with Gasteiger partial charge in [-0.1, -0.05) is 0 Å². The van der Waals surface area contributed by atoms with Crippen molar-refractivity contribution in [1.82, 2.24) is 16.0 Å². The summed E-state index contributed by atoms with van der Waals surface area (Å²) in [4.78, 5) is 81.1. The number of carboxylic acids is 2. The van der Waals surface area contributed by atoms with Crippen LogP contribution in [-0.4, -0.2) is 81.6 Å². The predicted octanol–water partition coefficient (Wildman–Crippen LogP) is -4.60. The van der Waals surface area contributed by atoms with E-state index in [1.165, 1.54) is 0 Å². The molecule has 5 amide bonds. The minimum Gasteiger partial charge on any atom is -0.481 e. The molecule has 0 aliphatic carbocycles. The highest BCUT2D eigenvalue weighted by Gasteiger charge is 2.31. The summed E-state index contributed by atoms with van der Waals surface area (Å²) < 4.78 is 0. The van der Waals surface area contributed by atoms with Gasteiger partial charge in [-0.15, -0.1) is 0 Å². The maximum Gasteiger partial charge on any atom is 0.327 e. The van der Waals surface area contributed by atoms with Crippen molar-refractivity contribution in [1.29, 1.82) is 0 Å². The Bertz CT molecular complexity index is 762. The van der Waals surface area contributed by atoms with Crippen molar-refractivity contribution in [2.24, 2.45) is 17.2 Å². The van der Waals surface area contributed by atoms with E-state index in [4.69, 9.17) is 27.4 Å². The minimum absolute atomic E-state index is 0.316. The second kappa shape index (κ2) is 13.8. The molecule has 0 fully saturated rings. The number of rotatable bonds is 15. The second-order valence-electron chi connectivity index (χ2n) is 6.58. The Morgan fingerprint density at radius 1 is 0.750 bits per heavy atom. The number of hydrogen-bond donors (Lipinski definition) is 9. The van der Waals surface area contributed by atoms with E-state index in [1.54, 1.807) is 0 Å². The lowest BCUT2D eigenvalue weighted by molar-refractivity contribution is -0.143. The molecule has 0 radical (unpaired) electrons. The van der Waals surface area contributed by atoms with Gasteiger partial charge in [0.2, 0.25) is 29.5 Å². The Hall–Kier alpha value is -3.40. The van der Waals surface area contributed by atoms with E-state index >= 15 is 0 Å². The van der Waals surface area contributed by atoms with Gasteiger partial charge in [0.05, 0.1) is 18.9 Å². The van der Waals surface area contributed by atoms with E-state index in [0.29, 0.717) is 0 Å². The van der Waals surface area contributed by atoms with Crippen molar-refractivity contribution < 1.29 is 43.8 Å². The van der Waals surface area contributed by atoms with Crippen molar-refractivity contribution in [2.45, 2.75) is 49.9 Å². The SMILES string of the molecule is NC(=O)CCC(NC(=O)C(N)CC(N)=O)C(=O)NC(CC(=O)O)C(=O)NC(CS)C(=O)O. The maximum atomic E-state index is 12.6. The van der Waals surface area contributed by atoms with Gasteiger partial charge in [0.1, 0.15) is 18.1 Å². The molecule has 16 heteroatoms. The zero-order chi connectivity index (χ0) is 25.0. The molecule has 180 valence electrons. The predicted molar refractivity (Wildman–Crippen MR) is 110 cm³/mol. The Morgan fingerprint density at radius 3 is 1.69 bits per heavy atom. The van der Waals surface area contributed by atoms with Gasteiger partial charge in [-0.25, -0.2) is 4.79 Å². The number of aliphatic carboxylic acids is 2. The first-order chi connectivity index (χ1) is 14.8. The molecule has 0 aromatic carbocycles. The van der Waals surface area contributed by atoms with Crippen molar-refractivity contribution >= 4 is 54.1 Å². The molecule has 0 saturated carbocycles. The van der Waals surface area contributed by atoms with Crippen molar-refractivity contribution in [3.63, 3.8) is 0 Å². The number of primary amides is 2. The molecule has 0 rings (SSSR count). The van der Waals surface area contributed by atoms with Crippen LogP contribution in [0, 0.1) is 0 Å². The van der Waals surface area contributed by atoms with Gasteiger partial charge in [0.15, 0.2) is 0 Å². The number of nitrogens with one attached hydrogen (secondary N) is 3. The quantitative estimate of drug-likeness (QED) is 0.102. The monoisotopic (exact) mass is 478 g/mol. The fourth-order valence-corrected chi connectivity index (χ4v) is 2.51. The van der Waals surface area contributed by atoms with Gasteiger partial charge in [-0.05, 0) is 6.42 Å². The molecule has 4 atom stereocenters. The van der Waals surface area contributed by atoms with Gasteiger partial charge in [-0.3, -0.25) is 28.8 Å². The molecule has 15 nitrogen and oxygen atoms in total. The number of amides is 5. The van der Waals surface area contributed by atoms with Crippen LogP contribution in [0.25, 0.3) is 0 Å².